The van der Waals surface area contributed by atoms with Gasteiger partial charge in [0.15, 0.2) is 5.76 Å². The van der Waals surface area contributed by atoms with Crippen molar-refractivity contribution < 1.29 is 44.1 Å². The lowest BCUT2D eigenvalue weighted by Gasteiger charge is -2.16. The Morgan fingerprint density at radius 2 is 1.74 bits per heavy atom. The number of ether oxygens (including phenoxy) is 1. The van der Waals surface area contributed by atoms with E-state index in [-0.39, 0.29) is 27.1 Å². The van der Waals surface area contributed by atoms with Crippen LogP contribution in [-0.2, 0) is 14.9 Å². The molecule has 3 rings (SSSR count). The molecule has 0 aliphatic rings. The molecule has 3 aromatic rings. The standard InChI is InChI=1S/C20H13Cl2F4NO6S/c1-10(14-7-4-12(23)8-15(14)21)32-19(28)27-17-16(22)9-31-18(17)11-2-5-13(6-3-11)33-34(29,30)20(24,25)26/h2-10H,1H3,(H,27,28)/t10-/m1/s1. The van der Waals surface area contributed by atoms with Crippen LogP contribution in [0.4, 0.5) is 28.0 Å². The van der Waals surface area contributed by atoms with Crippen LogP contribution in [0.5, 0.6) is 5.75 Å². The molecule has 0 saturated heterocycles. The van der Waals surface area contributed by atoms with E-state index in [1.54, 1.807) is 0 Å². The van der Waals surface area contributed by atoms with Gasteiger partial charge in [0.2, 0.25) is 0 Å². The van der Waals surface area contributed by atoms with Crippen LogP contribution in [0.1, 0.15) is 18.6 Å². The molecule has 1 amide bonds. The zero-order valence-electron chi connectivity index (χ0n) is 16.8. The third-order valence-electron chi connectivity index (χ3n) is 4.26. The third kappa shape index (κ3) is 5.75. The fourth-order valence-electron chi connectivity index (χ4n) is 2.69. The molecule has 0 aliphatic carbocycles. The Hall–Kier alpha value is -2.96. The van der Waals surface area contributed by atoms with Crippen LogP contribution in [0.2, 0.25) is 10.0 Å². The van der Waals surface area contributed by atoms with Gasteiger partial charge in [-0.15, -0.1) is 0 Å². The smallest absolute Gasteiger partial charge is 0.460 e. The second-order valence-corrected chi connectivity index (χ2v) is 8.99. The van der Waals surface area contributed by atoms with Crippen LogP contribution in [-0.4, -0.2) is 20.0 Å². The molecule has 0 aliphatic heterocycles. The Labute approximate surface area is 200 Å². The number of anilines is 1. The maximum atomic E-state index is 13.2. The van der Waals surface area contributed by atoms with Gasteiger partial charge in [-0.2, -0.15) is 21.6 Å². The molecule has 0 radical (unpaired) electrons. The average molecular weight is 542 g/mol. The molecule has 0 fully saturated rings. The summed E-state index contributed by atoms with van der Waals surface area (Å²) in [6.45, 7) is 1.50. The van der Waals surface area contributed by atoms with Crippen molar-refractivity contribution in [3.05, 3.63) is 70.2 Å². The molecule has 182 valence electrons. The van der Waals surface area contributed by atoms with E-state index in [4.69, 9.17) is 32.4 Å². The number of hydrogen-bond acceptors (Lipinski definition) is 6. The summed E-state index contributed by atoms with van der Waals surface area (Å²) in [4.78, 5) is 12.4. The molecule has 0 unspecified atom stereocenters. The van der Waals surface area contributed by atoms with Gasteiger partial charge in [-0.1, -0.05) is 29.3 Å². The number of benzene rings is 2. The van der Waals surface area contributed by atoms with Crippen LogP contribution >= 0.6 is 23.2 Å². The molecule has 7 nitrogen and oxygen atoms in total. The second-order valence-electron chi connectivity index (χ2n) is 6.63. The summed E-state index contributed by atoms with van der Waals surface area (Å²) < 4.78 is 87.4. The topological polar surface area (TPSA) is 94.8 Å². The number of hydrogen-bond donors (Lipinski definition) is 1. The molecule has 2 aromatic carbocycles. The van der Waals surface area contributed by atoms with Crippen LogP contribution in [0, 0.1) is 5.82 Å². The van der Waals surface area contributed by atoms with Crippen LogP contribution in [0.3, 0.4) is 0 Å². The monoisotopic (exact) mass is 541 g/mol. The zero-order valence-corrected chi connectivity index (χ0v) is 19.2. The van der Waals surface area contributed by atoms with Crippen LogP contribution in [0.15, 0.2) is 53.1 Å². The summed E-state index contributed by atoms with van der Waals surface area (Å²) in [6.07, 6.45) is -0.742. The SMILES string of the molecule is C[C@@H](OC(=O)Nc1c(Cl)coc1-c1ccc(OS(=O)(=O)C(F)(F)F)cc1)c1ccc(F)cc1Cl. The fraction of sp³-hybridized carbons (Fsp3) is 0.150. The van der Waals surface area contributed by atoms with Crippen molar-refractivity contribution in [2.24, 2.45) is 0 Å². The highest BCUT2D eigenvalue weighted by Crippen LogP contribution is 2.38. The van der Waals surface area contributed by atoms with E-state index in [0.717, 1.165) is 30.5 Å². The number of rotatable bonds is 6. The van der Waals surface area contributed by atoms with Crippen molar-refractivity contribution in [3.8, 4) is 17.1 Å². The number of amides is 1. The summed E-state index contributed by atoms with van der Waals surface area (Å²) in [6, 6.07) is 7.85. The lowest BCUT2D eigenvalue weighted by molar-refractivity contribution is -0.0500. The van der Waals surface area contributed by atoms with Gasteiger partial charge < -0.3 is 13.3 Å². The number of alkyl halides is 3. The van der Waals surface area contributed by atoms with Crippen LogP contribution in [0.25, 0.3) is 11.3 Å². The molecule has 1 aromatic heterocycles. The molecule has 1 atom stereocenters. The molecule has 0 bridgehead atoms. The number of furan rings is 1. The highest BCUT2D eigenvalue weighted by atomic mass is 35.5. The van der Waals surface area contributed by atoms with Crippen molar-refractivity contribution in [1.82, 2.24) is 0 Å². The Morgan fingerprint density at radius 3 is 2.32 bits per heavy atom. The number of carbonyl (C=O) groups excluding carboxylic acids is 1. The largest absolute Gasteiger partial charge is 0.534 e. The summed E-state index contributed by atoms with van der Waals surface area (Å²) in [5.41, 5.74) is -5.05. The lowest BCUT2D eigenvalue weighted by Crippen LogP contribution is -2.28. The van der Waals surface area contributed by atoms with E-state index in [9.17, 15) is 30.8 Å². The van der Waals surface area contributed by atoms with Crippen molar-refractivity contribution in [1.29, 1.82) is 0 Å². The van der Waals surface area contributed by atoms with E-state index < -0.39 is 39.4 Å². The Morgan fingerprint density at radius 1 is 1.09 bits per heavy atom. The Bertz CT molecular complexity index is 1310. The first-order valence-corrected chi connectivity index (χ1v) is 11.3. The minimum Gasteiger partial charge on any atom is -0.460 e. The fourth-order valence-corrected chi connectivity index (χ4v) is 3.65. The molecular weight excluding hydrogens is 529 g/mol. The first-order chi connectivity index (χ1) is 15.8. The quantitative estimate of drug-likeness (QED) is 0.206. The first-order valence-electron chi connectivity index (χ1n) is 9.09. The Balaban J connectivity index is 1.75. The summed E-state index contributed by atoms with van der Waals surface area (Å²) in [5, 5.41) is 2.41. The van der Waals surface area contributed by atoms with Crippen molar-refractivity contribution >= 4 is 45.1 Å². The molecule has 0 spiro atoms. The lowest BCUT2D eigenvalue weighted by atomic mass is 10.1. The van der Waals surface area contributed by atoms with Crippen molar-refractivity contribution in [2.45, 2.75) is 18.5 Å². The zero-order chi connectivity index (χ0) is 25.3. The average Bonchev–Trinajstić information content (AvgIpc) is 3.07. The molecule has 1 heterocycles. The van der Waals surface area contributed by atoms with Gasteiger partial charge in [-0.3, -0.25) is 5.32 Å². The van der Waals surface area contributed by atoms with E-state index in [2.05, 4.69) is 9.50 Å². The van der Waals surface area contributed by atoms with Gasteiger partial charge in [0.05, 0.1) is 5.02 Å². The molecule has 0 saturated carbocycles. The van der Waals surface area contributed by atoms with Gasteiger partial charge in [-0.05, 0) is 43.3 Å². The maximum Gasteiger partial charge on any atom is 0.534 e. The molecule has 14 heteroatoms. The van der Waals surface area contributed by atoms with Gasteiger partial charge in [0.1, 0.15) is 34.6 Å². The third-order valence-corrected chi connectivity index (χ3v) is 5.85. The minimum atomic E-state index is -5.84. The number of halogens is 6. The van der Waals surface area contributed by atoms with E-state index >= 15 is 0 Å². The Kier molecular flexibility index (Phi) is 7.34. The van der Waals surface area contributed by atoms with Gasteiger partial charge in [0, 0.05) is 11.1 Å². The molecular formula is C20H13Cl2F4NO6S. The van der Waals surface area contributed by atoms with E-state index in [1.807, 2.05) is 0 Å². The number of carbonyl (C=O) groups is 1. The minimum absolute atomic E-state index is 0.000328. The predicted molar refractivity (Wildman–Crippen MR) is 115 cm³/mol. The van der Waals surface area contributed by atoms with Crippen LogP contribution < -0.4 is 9.50 Å². The normalized spacial score (nSPS) is 12.8. The van der Waals surface area contributed by atoms with Gasteiger partial charge in [-0.25, -0.2) is 9.18 Å². The van der Waals surface area contributed by atoms with Gasteiger partial charge >= 0.3 is 21.7 Å². The first kappa shape index (κ1) is 25.7. The number of nitrogens with one attached hydrogen (secondary N) is 1. The maximum absolute atomic E-state index is 13.2. The molecule has 1 N–H and O–H groups in total. The highest BCUT2D eigenvalue weighted by molar-refractivity contribution is 7.88. The summed E-state index contributed by atoms with van der Waals surface area (Å²) in [7, 11) is -5.84. The van der Waals surface area contributed by atoms with Crippen molar-refractivity contribution in [3.63, 3.8) is 0 Å². The summed E-state index contributed by atoms with van der Waals surface area (Å²) >= 11 is 12.0. The predicted octanol–water partition coefficient (Wildman–Crippen LogP) is 6.93. The van der Waals surface area contributed by atoms with Gasteiger partial charge in [0.25, 0.3) is 0 Å². The highest BCUT2D eigenvalue weighted by Gasteiger charge is 2.48. The summed E-state index contributed by atoms with van der Waals surface area (Å²) in [5.74, 6) is -1.16. The molecule has 34 heavy (non-hydrogen) atoms. The van der Waals surface area contributed by atoms with E-state index in [1.165, 1.54) is 25.1 Å². The van der Waals surface area contributed by atoms with E-state index in [0.29, 0.717) is 5.56 Å². The second kappa shape index (κ2) is 9.72. The van der Waals surface area contributed by atoms with Crippen molar-refractivity contribution in [2.75, 3.05) is 5.32 Å².